The van der Waals surface area contributed by atoms with Crippen LogP contribution in [0, 0.1) is 0 Å². The van der Waals surface area contributed by atoms with E-state index in [2.05, 4.69) is 10.6 Å². The van der Waals surface area contributed by atoms with Gasteiger partial charge in [-0.25, -0.2) is 9.59 Å². The number of esters is 1. The molecule has 1 saturated heterocycles. The monoisotopic (exact) mass is 621 g/mol. The molecule has 2 atom stereocenters. The third-order valence-corrected chi connectivity index (χ3v) is 9.56. The number of hydrogen-bond donors (Lipinski definition) is 2. The normalized spacial score (nSPS) is 18.4. The standard InChI is InChI=1S/C29H33Cl2N3O6S/c1-3-40-28(38)34-23(17-41-29(34)14-5-4-6-15-29)25(35)33-22(27(37)39-2)16-18-10-12-19(13-11-18)32-26(36)24-20(30)8-7-9-21(24)31/h7-13,22-23H,3-6,14-17H2,1-2H3,(H,32,36)(H,33,35)/t22-,23+/m0/s1. The number of carbonyl (C=O) groups excluding carboxylic acids is 4. The molecule has 4 rings (SSSR count). The Hall–Kier alpha value is -2.95. The number of amides is 3. The molecule has 9 nitrogen and oxygen atoms in total. The summed E-state index contributed by atoms with van der Waals surface area (Å²) in [7, 11) is 1.26. The fourth-order valence-corrected chi connectivity index (χ4v) is 7.56. The fourth-order valence-electron chi connectivity index (χ4n) is 5.30. The second-order valence-electron chi connectivity index (χ2n) is 9.94. The number of methoxy groups -OCH3 is 1. The molecule has 1 heterocycles. The molecule has 0 unspecified atom stereocenters. The Balaban J connectivity index is 1.45. The molecule has 0 bridgehead atoms. The molecule has 2 aromatic carbocycles. The van der Waals surface area contributed by atoms with Gasteiger partial charge in [0.2, 0.25) is 5.91 Å². The van der Waals surface area contributed by atoms with Crippen molar-refractivity contribution in [3.05, 3.63) is 63.6 Å². The van der Waals surface area contributed by atoms with E-state index in [0.29, 0.717) is 11.4 Å². The first kappa shape index (κ1) is 31.0. The zero-order chi connectivity index (χ0) is 29.6. The number of anilines is 1. The van der Waals surface area contributed by atoms with Gasteiger partial charge in [0.1, 0.15) is 12.1 Å². The lowest BCUT2D eigenvalue weighted by molar-refractivity contribution is -0.145. The van der Waals surface area contributed by atoms with E-state index in [-0.39, 0.29) is 28.6 Å². The van der Waals surface area contributed by atoms with Crippen LogP contribution in [0.5, 0.6) is 0 Å². The maximum Gasteiger partial charge on any atom is 0.411 e. The molecule has 2 fully saturated rings. The van der Waals surface area contributed by atoms with Gasteiger partial charge >= 0.3 is 12.1 Å². The Bertz CT molecular complexity index is 1270. The zero-order valence-electron chi connectivity index (χ0n) is 22.9. The van der Waals surface area contributed by atoms with Gasteiger partial charge < -0.3 is 20.1 Å². The second kappa shape index (κ2) is 13.8. The van der Waals surface area contributed by atoms with Crippen molar-refractivity contribution < 1.29 is 28.7 Å². The predicted molar refractivity (Wildman–Crippen MR) is 159 cm³/mol. The molecular weight excluding hydrogens is 589 g/mol. The van der Waals surface area contributed by atoms with Crippen molar-refractivity contribution in [2.24, 2.45) is 0 Å². The van der Waals surface area contributed by atoms with Gasteiger partial charge in [-0.2, -0.15) is 0 Å². The fraction of sp³-hybridized carbons (Fsp3) is 0.448. The highest BCUT2D eigenvalue weighted by molar-refractivity contribution is 8.01. The summed E-state index contributed by atoms with van der Waals surface area (Å²) in [5.41, 5.74) is 1.39. The summed E-state index contributed by atoms with van der Waals surface area (Å²) in [5.74, 6) is -1.07. The van der Waals surface area contributed by atoms with E-state index in [4.69, 9.17) is 32.7 Å². The number of halogens is 2. The van der Waals surface area contributed by atoms with Crippen LogP contribution in [0.1, 0.15) is 54.9 Å². The number of benzene rings is 2. The molecule has 1 aliphatic heterocycles. The van der Waals surface area contributed by atoms with Crippen LogP contribution in [0.25, 0.3) is 0 Å². The summed E-state index contributed by atoms with van der Waals surface area (Å²) in [4.78, 5) is 53.0. The van der Waals surface area contributed by atoms with Gasteiger partial charge in [-0.3, -0.25) is 14.5 Å². The third-order valence-electron chi connectivity index (χ3n) is 7.31. The van der Waals surface area contributed by atoms with Crippen molar-refractivity contribution in [3.63, 3.8) is 0 Å². The van der Waals surface area contributed by atoms with E-state index < -0.39 is 40.8 Å². The topological polar surface area (TPSA) is 114 Å². The number of hydrogen-bond acceptors (Lipinski definition) is 7. The van der Waals surface area contributed by atoms with Gasteiger partial charge in [-0.1, -0.05) is 60.7 Å². The molecular formula is C29H33Cl2N3O6S. The number of thioether (sulfide) groups is 1. The van der Waals surface area contributed by atoms with Crippen LogP contribution in [0.3, 0.4) is 0 Å². The van der Waals surface area contributed by atoms with Crippen LogP contribution in [0.4, 0.5) is 10.5 Å². The average Bonchev–Trinajstić information content (AvgIpc) is 3.31. The van der Waals surface area contributed by atoms with Crippen LogP contribution in [-0.2, 0) is 25.5 Å². The molecule has 220 valence electrons. The summed E-state index contributed by atoms with van der Waals surface area (Å²) in [6.07, 6.45) is 4.28. The zero-order valence-corrected chi connectivity index (χ0v) is 25.2. The van der Waals surface area contributed by atoms with Crippen LogP contribution < -0.4 is 10.6 Å². The molecule has 3 amide bonds. The first-order valence-electron chi connectivity index (χ1n) is 13.5. The Morgan fingerprint density at radius 3 is 2.32 bits per heavy atom. The Kier molecular flexibility index (Phi) is 10.4. The number of nitrogens with zero attached hydrogens (tertiary/aromatic N) is 1. The summed E-state index contributed by atoms with van der Waals surface area (Å²) in [5, 5.41) is 6.04. The maximum atomic E-state index is 13.5. The molecule has 1 saturated carbocycles. The molecule has 2 N–H and O–H groups in total. The number of ether oxygens (including phenoxy) is 2. The van der Waals surface area contributed by atoms with Gasteiger partial charge in [-0.15, -0.1) is 11.8 Å². The van der Waals surface area contributed by atoms with Gasteiger partial charge in [0.25, 0.3) is 5.91 Å². The van der Waals surface area contributed by atoms with Crippen molar-refractivity contribution in [3.8, 4) is 0 Å². The summed E-state index contributed by atoms with van der Waals surface area (Å²) in [6, 6.07) is 9.90. The quantitative estimate of drug-likeness (QED) is 0.364. The van der Waals surface area contributed by atoms with Gasteiger partial charge in [0.15, 0.2) is 0 Å². The molecule has 12 heteroatoms. The Morgan fingerprint density at radius 2 is 1.71 bits per heavy atom. The van der Waals surface area contributed by atoms with Gasteiger partial charge in [-0.05, 0) is 49.6 Å². The van der Waals surface area contributed by atoms with E-state index in [0.717, 1.165) is 37.7 Å². The van der Waals surface area contributed by atoms with E-state index in [1.165, 1.54) is 7.11 Å². The summed E-state index contributed by atoms with van der Waals surface area (Å²) < 4.78 is 10.3. The highest BCUT2D eigenvalue weighted by Gasteiger charge is 2.53. The SMILES string of the molecule is CCOC(=O)N1[C@@H](C(=O)N[C@@H](Cc2ccc(NC(=O)c3c(Cl)cccc3Cl)cc2)C(=O)OC)CSC12CCCCC2. The number of rotatable bonds is 8. The molecule has 1 aliphatic carbocycles. The molecule has 41 heavy (non-hydrogen) atoms. The maximum absolute atomic E-state index is 13.5. The van der Waals surface area contributed by atoms with Gasteiger partial charge in [0.05, 0.1) is 34.2 Å². The van der Waals surface area contributed by atoms with E-state index >= 15 is 0 Å². The van der Waals surface area contributed by atoms with Crippen molar-refractivity contribution in [1.82, 2.24) is 10.2 Å². The lowest BCUT2D eigenvalue weighted by Crippen LogP contribution is -2.57. The van der Waals surface area contributed by atoms with Crippen LogP contribution in [-0.4, -0.2) is 65.2 Å². The smallest absolute Gasteiger partial charge is 0.411 e. The van der Waals surface area contributed by atoms with Crippen molar-refractivity contribution in [2.75, 3.05) is 24.8 Å². The molecule has 0 aromatic heterocycles. The van der Waals surface area contributed by atoms with Crippen molar-refractivity contribution in [2.45, 2.75) is 62.4 Å². The first-order valence-corrected chi connectivity index (χ1v) is 15.3. The third kappa shape index (κ3) is 7.10. The Morgan fingerprint density at radius 1 is 1.05 bits per heavy atom. The minimum absolute atomic E-state index is 0.146. The number of carbonyl (C=O) groups is 4. The van der Waals surface area contributed by atoms with Crippen LogP contribution in [0.2, 0.25) is 10.0 Å². The number of nitrogens with one attached hydrogen (secondary N) is 2. The summed E-state index contributed by atoms with van der Waals surface area (Å²) >= 11 is 13.9. The Labute approximate surface area is 253 Å². The van der Waals surface area contributed by atoms with Gasteiger partial charge in [0, 0.05) is 17.9 Å². The van der Waals surface area contributed by atoms with E-state index in [1.807, 2.05) is 0 Å². The summed E-state index contributed by atoms with van der Waals surface area (Å²) in [6.45, 7) is 1.94. The predicted octanol–water partition coefficient (Wildman–Crippen LogP) is 5.68. The average molecular weight is 623 g/mol. The van der Waals surface area contributed by atoms with E-state index in [9.17, 15) is 19.2 Å². The minimum atomic E-state index is -0.980. The van der Waals surface area contributed by atoms with Crippen molar-refractivity contribution >= 4 is 64.5 Å². The van der Waals surface area contributed by atoms with Crippen molar-refractivity contribution in [1.29, 1.82) is 0 Å². The second-order valence-corrected chi connectivity index (χ2v) is 12.1. The van der Waals surface area contributed by atoms with Crippen LogP contribution >= 0.6 is 35.0 Å². The largest absolute Gasteiger partial charge is 0.467 e. The molecule has 1 spiro atoms. The first-order chi connectivity index (χ1) is 19.7. The lowest BCUT2D eigenvalue weighted by atomic mass is 9.92. The van der Waals surface area contributed by atoms with Crippen LogP contribution in [0.15, 0.2) is 42.5 Å². The highest BCUT2D eigenvalue weighted by atomic mass is 35.5. The molecule has 0 radical (unpaired) electrons. The molecule has 2 aromatic rings. The molecule has 2 aliphatic rings. The lowest BCUT2D eigenvalue weighted by Gasteiger charge is -2.41. The highest BCUT2D eigenvalue weighted by Crippen LogP contribution is 2.49. The minimum Gasteiger partial charge on any atom is -0.467 e. The van der Waals surface area contributed by atoms with E-state index in [1.54, 1.807) is 66.1 Å².